The van der Waals surface area contributed by atoms with Crippen molar-refractivity contribution in [1.29, 1.82) is 0 Å². The zero-order valence-electron chi connectivity index (χ0n) is 10.3. The van der Waals surface area contributed by atoms with Gasteiger partial charge in [-0.3, -0.25) is 0 Å². The van der Waals surface area contributed by atoms with Crippen molar-refractivity contribution in [3.05, 3.63) is 58.6 Å². The van der Waals surface area contributed by atoms with E-state index in [0.29, 0.717) is 22.7 Å². The molecule has 0 amide bonds. The van der Waals surface area contributed by atoms with Gasteiger partial charge in [0, 0.05) is 21.8 Å². The van der Waals surface area contributed by atoms with Crippen molar-refractivity contribution < 1.29 is 21.9 Å². The fourth-order valence-electron chi connectivity index (χ4n) is 1.59. The molecule has 0 aliphatic rings. The van der Waals surface area contributed by atoms with Gasteiger partial charge < -0.3 is 4.74 Å². The van der Waals surface area contributed by atoms with Crippen LogP contribution in [-0.2, 0) is 15.7 Å². The number of rotatable bonds is 4. The molecule has 0 aliphatic carbocycles. The van der Waals surface area contributed by atoms with Gasteiger partial charge in [0.2, 0.25) is 0 Å². The highest BCUT2D eigenvalue weighted by Gasteiger charge is 2.22. The summed E-state index contributed by atoms with van der Waals surface area (Å²) in [6, 6.07) is 7.56. The minimum atomic E-state index is -4.34. The van der Waals surface area contributed by atoms with Gasteiger partial charge in [-0.2, -0.15) is 0 Å². The number of ether oxygens (including phenoxy) is 1. The van der Waals surface area contributed by atoms with Crippen LogP contribution in [0.5, 0.6) is 5.75 Å². The van der Waals surface area contributed by atoms with Crippen molar-refractivity contribution in [2.45, 2.75) is 11.5 Å². The maximum atomic E-state index is 13.7. The van der Waals surface area contributed by atoms with Crippen molar-refractivity contribution in [2.24, 2.45) is 0 Å². The van der Waals surface area contributed by atoms with Crippen molar-refractivity contribution in [1.82, 2.24) is 0 Å². The molecule has 112 valence electrons. The molecular weight excluding hydrogens is 345 g/mol. The third-order valence-corrected chi connectivity index (χ3v) is 4.11. The van der Waals surface area contributed by atoms with Crippen molar-refractivity contribution >= 4 is 31.3 Å². The molecule has 2 rings (SSSR count). The zero-order valence-corrected chi connectivity index (χ0v) is 12.6. The molecule has 0 heterocycles. The van der Waals surface area contributed by atoms with E-state index in [1.54, 1.807) is 24.3 Å². The molecule has 3 nitrogen and oxygen atoms in total. The predicted octanol–water partition coefficient (Wildman–Crippen LogP) is 4.12. The fraction of sp³-hybridized carbons (Fsp3) is 0.0769. The maximum absolute atomic E-state index is 13.7. The lowest BCUT2D eigenvalue weighted by Crippen LogP contribution is -2.04. The molecule has 0 fully saturated rings. The average Bonchev–Trinajstić information content (AvgIpc) is 2.38. The molecule has 0 atom stereocenters. The smallest absolute Gasteiger partial charge is 0.265 e. The van der Waals surface area contributed by atoms with Gasteiger partial charge in [-0.1, -0.05) is 23.7 Å². The van der Waals surface area contributed by atoms with Crippen LogP contribution in [0.15, 0.2) is 41.3 Å². The molecule has 2 aromatic carbocycles. The summed E-state index contributed by atoms with van der Waals surface area (Å²) in [5.74, 6) is -2.84. The fourth-order valence-corrected chi connectivity index (χ4v) is 2.70. The minimum absolute atomic E-state index is 0.126. The van der Waals surface area contributed by atoms with Crippen LogP contribution in [0.1, 0.15) is 5.56 Å². The predicted molar refractivity (Wildman–Crippen MR) is 75.2 cm³/mol. The minimum Gasteiger partial charge on any atom is -0.484 e. The van der Waals surface area contributed by atoms with E-state index in [2.05, 4.69) is 0 Å². The van der Waals surface area contributed by atoms with E-state index in [-0.39, 0.29) is 6.61 Å². The maximum Gasteiger partial charge on any atom is 0.265 e. The molecule has 0 aromatic heterocycles. The van der Waals surface area contributed by atoms with Gasteiger partial charge >= 0.3 is 0 Å². The Hall–Kier alpha value is -1.37. The first-order valence-electron chi connectivity index (χ1n) is 5.58. The molecule has 2 aromatic rings. The number of hydrogen-bond acceptors (Lipinski definition) is 3. The third kappa shape index (κ3) is 4.06. The van der Waals surface area contributed by atoms with Gasteiger partial charge in [0.1, 0.15) is 17.3 Å². The molecular formula is C13H8Cl2F2O3S. The summed E-state index contributed by atoms with van der Waals surface area (Å²) in [5, 5.41) is 0.510. The van der Waals surface area contributed by atoms with Gasteiger partial charge in [-0.15, -0.1) is 0 Å². The van der Waals surface area contributed by atoms with Crippen LogP contribution in [0.3, 0.4) is 0 Å². The first-order valence-corrected chi connectivity index (χ1v) is 8.27. The zero-order chi connectivity index (χ0) is 15.6. The Bertz CT molecular complexity index is 762. The second-order valence-electron chi connectivity index (χ2n) is 4.07. The second kappa shape index (κ2) is 6.17. The molecule has 0 aliphatic heterocycles. The summed E-state index contributed by atoms with van der Waals surface area (Å²) < 4.78 is 54.6. The summed E-state index contributed by atoms with van der Waals surface area (Å²) in [7, 11) is 0.808. The topological polar surface area (TPSA) is 43.4 Å². The lowest BCUT2D eigenvalue weighted by atomic mass is 10.2. The van der Waals surface area contributed by atoms with Crippen molar-refractivity contribution in [3.63, 3.8) is 0 Å². The standard InChI is InChI=1S/C13H8Cl2F2O3S/c14-9-3-1-8(2-4-9)7-20-13-11(17)5-10(16)6-12(13)21(15,18)19/h1-6H,7H2. The van der Waals surface area contributed by atoms with E-state index in [9.17, 15) is 17.2 Å². The number of benzene rings is 2. The molecule has 0 N–H and O–H groups in total. The van der Waals surface area contributed by atoms with Gasteiger partial charge in [0.25, 0.3) is 9.05 Å². The van der Waals surface area contributed by atoms with Crippen LogP contribution in [0.4, 0.5) is 8.78 Å². The largest absolute Gasteiger partial charge is 0.484 e. The first kappa shape index (κ1) is 16.0. The lowest BCUT2D eigenvalue weighted by molar-refractivity contribution is 0.280. The summed E-state index contributed by atoms with van der Waals surface area (Å²) in [5.41, 5.74) is 0.626. The molecule has 0 saturated carbocycles. The van der Waals surface area contributed by atoms with Crippen LogP contribution in [-0.4, -0.2) is 8.42 Å². The summed E-state index contributed by atoms with van der Waals surface area (Å²) >= 11 is 5.72. The number of halogens is 4. The first-order chi connectivity index (χ1) is 9.77. The van der Waals surface area contributed by atoms with E-state index in [1.807, 2.05) is 0 Å². The van der Waals surface area contributed by atoms with Crippen LogP contribution in [0.2, 0.25) is 5.02 Å². The van der Waals surface area contributed by atoms with E-state index in [4.69, 9.17) is 27.0 Å². The van der Waals surface area contributed by atoms with Gasteiger partial charge in [0.15, 0.2) is 11.6 Å². The summed E-state index contributed by atoms with van der Waals surface area (Å²) in [4.78, 5) is -0.754. The normalized spacial score (nSPS) is 11.4. The molecule has 0 spiro atoms. The number of hydrogen-bond donors (Lipinski definition) is 0. The van der Waals surface area contributed by atoms with E-state index < -0.39 is 31.3 Å². The summed E-state index contributed by atoms with van der Waals surface area (Å²) in [6.45, 7) is -0.126. The Balaban J connectivity index is 2.33. The van der Waals surface area contributed by atoms with Crippen molar-refractivity contribution in [3.8, 4) is 5.75 Å². The Morgan fingerprint density at radius 3 is 2.29 bits per heavy atom. The van der Waals surface area contributed by atoms with Crippen LogP contribution < -0.4 is 4.74 Å². The van der Waals surface area contributed by atoms with Gasteiger partial charge in [-0.05, 0) is 23.8 Å². The Morgan fingerprint density at radius 1 is 1.10 bits per heavy atom. The Labute approximate surface area is 129 Å². The van der Waals surface area contributed by atoms with E-state index >= 15 is 0 Å². The monoisotopic (exact) mass is 352 g/mol. The second-order valence-corrected chi connectivity index (χ2v) is 7.04. The third-order valence-electron chi connectivity index (χ3n) is 2.53. The van der Waals surface area contributed by atoms with E-state index in [0.717, 1.165) is 0 Å². The molecule has 0 saturated heterocycles. The SMILES string of the molecule is O=S(=O)(Cl)c1cc(F)cc(F)c1OCc1ccc(Cl)cc1. The Morgan fingerprint density at radius 2 is 1.71 bits per heavy atom. The summed E-state index contributed by atoms with van der Waals surface area (Å²) in [6.07, 6.45) is 0. The van der Waals surface area contributed by atoms with E-state index in [1.165, 1.54) is 0 Å². The molecule has 8 heteroatoms. The lowest BCUT2D eigenvalue weighted by Gasteiger charge is -2.11. The molecule has 0 unspecified atom stereocenters. The quantitative estimate of drug-likeness (QED) is 0.777. The highest BCUT2D eigenvalue weighted by Crippen LogP contribution is 2.31. The molecule has 0 radical (unpaired) electrons. The van der Waals surface area contributed by atoms with Crippen LogP contribution >= 0.6 is 22.3 Å². The molecule has 0 bridgehead atoms. The molecule has 21 heavy (non-hydrogen) atoms. The van der Waals surface area contributed by atoms with Gasteiger partial charge in [-0.25, -0.2) is 17.2 Å². The average molecular weight is 353 g/mol. The van der Waals surface area contributed by atoms with Crippen molar-refractivity contribution in [2.75, 3.05) is 0 Å². The van der Waals surface area contributed by atoms with Crippen LogP contribution in [0, 0.1) is 11.6 Å². The van der Waals surface area contributed by atoms with Crippen LogP contribution in [0.25, 0.3) is 0 Å². The Kier molecular flexibility index (Phi) is 4.70. The highest BCUT2D eigenvalue weighted by atomic mass is 35.7. The highest BCUT2D eigenvalue weighted by molar-refractivity contribution is 8.13. The van der Waals surface area contributed by atoms with Gasteiger partial charge in [0.05, 0.1) is 0 Å².